The van der Waals surface area contributed by atoms with E-state index in [4.69, 9.17) is 4.74 Å². The van der Waals surface area contributed by atoms with E-state index in [1.54, 1.807) is 9.80 Å². The van der Waals surface area contributed by atoms with Gasteiger partial charge in [-0.05, 0) is 18.8 Å². The lowest BCUT2D eigenvalue weighted by molar-refractivity contribution is -0.140. The summed E-state index contributed by atoms with van der Waals surface area (Å²) in [4.78, 5) is 30.8. The van der Waals surface area contributed by atoms with Gasteiger partial charge in [0.15, 0.2) is 5.69 Å². The Morgan fingerprint density at radius 3 is 2.59 bits per heavy atom. The summed E-state index contributed by atoms with van der Waals surface area (Å²) in [6, 6.07) is -0.0613. The zero-order chi connectivity index (χ0) is 19.2. The van der Waals surface area contributed by atoms with Gasteiger partial charge < -0.3 is 19.9 Å². The van der Waals surface area contributed by atoms with Crippen LogP contribution in [0.3, 0.4) is 0 Å². The highest BCUT2D eigenvalue weighted by atomic mass is 32.1. The molecule has 0 aromatic carbocycles. The molecular formula is C16H19F3N4O3S. The van der Waals surface area contributed by atoms with Crippen molar-refractivity contribution in [2.24, 2.45) is 5.92 Å². The van der Waals surface area contributed by atoms with Crippen LogP contribution in [-0.4, -0.2) is 65.2 Å². The Balaban J connectivity index is 1.24. The molecule has 27 heavy (non-hydrogen) atoms. The van der Waals surface area contributed by atoms with Gasteiger partial charge in [-0.2, -0.15) is 13.2 Å². The number of carbonyl (C=O) groups excluding carboxylic acids is 2. The van der Waals surface area contributed by atoms with E-state index in [0.717, 1.165) is 29.6 Å². The second-order valence-electron chi connectivity index (χ2n) is 7.38. The summed E-state index contributed by atoms with van der Waals surface area (Å²) in [6.07, 6.45) is -2.85. The smallest absolute Gasteiger partial charge is 0.434 e. The monoisotopic (exact) mass is 404 g/mol. The van der Waals surface area contributed by atoms with Crippen molar-refractivity contribution >= 4 is 23.5 Å². The summed E-state index contributed by atoms with van der Waals surface area (Å²) in [7, 11) is 0. The number of thiazole rings is 1. The van der Waals surface area contributed by atoms with Crippen LogP contribution in [-0.2, 0) is 17.3 Å². The molecule has 3 fully saturated rings. The van der Waals surface area contributed by atoms with Crippen LogP contribution in [0.2, 0.25) is 0 Å². The molecule has 3 aliphatic heterocycles. The highest BCUT2D eigenvalue weighted by Gasteiger charge is 2.52. The Morgan fingerprint density at radius 2 is 2.04 bits per heavy atom. The third-order valence-electron chi connectivity index (χ3n) is 5.29. The Labute approximate surface area is 157 Å². The van der Waals surface area contributed by atoms with E-state index in [-0.39, 0.29) is 18.6 Å². The average molecular weight is 404 g/mol. The summed E-state index contributed by atoms with van der Waals surface area (Å²) in [5.74, 6) is 0.228. The van der Waals surface area contributed by atoms with Gasteiger partial charge in [0, 0.05) is 24.9 Å². The number of carbonyl (C=O) groups is 2. The van der Waals surface area contributed by atoms with Gasteiger partial charge in [0.2, 0.25) is 0 Å². The van der Waals surface area contributed by atoms with Crippen LogP contribution >= 0.6 is 11.3 Å². The Kier molecular flexibility index (Phi) is 4.44. The number of ether oxygens (including phenoxy) is 1. The van der Waals surface area contributed by atoms with Crippen LogP contribution in [0, 0.1) is 5.92 Å². The highest BCUT2D eigenvalue weighted by molar-refractivity contribution is 7.09. The number of aromatic nitrogens is 1. The van der Waals surface area contributed by atoms with Crippen molar-refractivity contribution in [3.63, 3.8) is 0 Å². The first kappa shape index (κ1) is 18.3. The molecule has 3 saturated heterocycles. The molecule has 1 aromatic heterocycles. The number of urea groups is 1. The molecule has 7 nitrogen and oxygen atoms in total. The van der Waals surface area contributed by atoms with E-state index in [1.807, 2.05) is 0 Å². The van der Waals surface area contributed by atoms with Gasteiger partial charge in [0.05, 0.1) is 18.1 Å². The average Bonchev–Trinajstić information content (AvgIpc) is 3.20. The van der Waals surface area contributed by atoms with Crippen molar-refractivity contribution in [2.75, 3.05) is 32.8 Å². The number of halogens is 3. The third kappa shape index (κ3) is 3.69. The van der Waals surface area contributed by atoms with E-state index in [0.29, 0.717) is 37.6 Å². The SMILES string of the molecule is O=C1NC2(CO1)CN(C(=O)N1CCC(Cc3nc(C(F)(F)F)cs3)CC1)C2. The second kappa shape index (κ2) is 6.54. The van der Waals surface area contributed by atoms with Gasteiger partial charge >= 0.3 is 18.3 Å². The summed E-state index contributed by atoms with van der Waals surface area (Å²) < 4.78 is 42.8. The predicted molar refractivity (Wildman–Crippen MR) is 89.3 cm³/mol. The minimum atomic E-state index is -4.40. The molecule has 1 aromatic rings. The standard InChI is InChI=1S/C16H19F3N4O3S/c17-16(18,19)11-6-27-12(20-11)5-10-1-3-22(4-2-10)14(25)23-7-15(8-23)9-26-13(24)21-15/h6,10H,1-5,7-9H2,(H,21,24). The zero-order valence-electron chi connectivity index (χ0n) is 14.4. The zero-order valence-corrected chi connectivity index (χ0v) is 15.2. The second-order valence-corrected chi connectivity index (χ2v) is 8.32. The largest absolute Gasteiger partial charge is 0.447 e. The number of hydrogen-bond acceptors (Lipinski definition) is 5. The molecule has 0 atom stereocenters. The number of nitrogens with zero attached hydrogens (tertiary/aromatic N) is 3. The van der Waals surface area contributed by atoms with Crippen LogP contribution in [0.1, 0.15) is 23.5 Å². The molecule has 0 unspecified atom stereocenters. The Bertz CT molecular complexity index is 740. The van der Waals surface area contributed by atoms with Crippen molar-refractivity contribution < 1.29 is 27.5 Å². The first-order valence-electron chi connectivity index (χ1n) is 8.74. The van der Waals surface area contributed by atoms with Crippen molar-refractivity contribution in [1.82, 2.24) is 20.1 Å². The molecule has 4 heterocycles. The van der Waals surface area contributed by atoms with Crippen LogP contribution in [0.15, 0.2) is 5.38 Å². The minimum Gasteiger partial charge on any atom is -0.447 e. The highest BCUT2D eigenvalue weighted by Crippen LogP contribution is 2.32. The lowest BCUT2D eigenvalue weighted by atomic mass is 9.91. The molecule has 0 radical (unpaired) electrons. The molecule has 3 aliphatic rings. The summed E-state index contributed by atoms with van der Waals surface area (Å²) in [6.45, 7) is 2.32. The van der Waals surface area contributed by atoms with Crippen LogP contribution < -0.4 is 5.32 Å². The van der Waals surface area contributed by atoms with Gasteiger partial charge in [-0.3, -0.25) is 0 Å². The number of piperidine rings is 1. The van der Waals surface area contributed by atoms with Gasteiger partial charge in [0.1, 0.15) is 12.1 Å². The summed E-state index contributed by atoms with van der Waals surface area (Å²) in [5.41, 5.74) is -1.27. The molecular weight excluding hydrogens is 385 g/mol. The van der Waals surface area contributed by atoms with Crippen molar-refractivity contribution in [3.8, 4) is 0 Å². The van der Waals surface area contributed by atoms with Gasteiger partial charge in [-0.15, -0.1) is 11.3 Å². The molecule has 0 saturated carbocycles. The van der Waals surface area contributed by atoms with Crippen molar-refractivity contribution in [1.29, 1.82) is 0 Å². The topological polar surface area (TPSA) is 74.8 Å². The number of alkyl halides is 3. The number of hydrogen-bond donors (Lipinski definition) is 1. The fraction of sp³-hybridized carbons (Fsp3) is 0.688. The molecule has 0 aliphatic carbocycles. The molecule has 11 heteroatoms. The molecule has 148 valence electrons. The number of cyclic esters (lactones) is 1. The fourth-order valence-electron chi connectivity index (χ4n) is 3.79. The number of amides is 3. The number of alkyl carbamates (subject to hydrolysis) is 1. The third-order valence-corrected chi connectivity index (χ3v) is 6.17. The number of nitrogens with one attached hydrogen (secondary N) is 1. The first-order valence-corrected chi connectivity index (χ1v) is 9.62. The number of likely N-dealkylation sites (tertiary alicyclic amines) is 2. The predicted octanol–water partition coefficient (Wildman–Crippen LogP) is 2.33. The molecule has 4 rings (SSSR count). The van der Waals surface area contributed by atoms with E-state index in [1.165, 1.54) is 0 Å². The van der Waals surface area contributed by atoms with Crippen LogP contribution in [0.25, 0.3) is 0 Å². The summed E-state index contributed by atoms with van der Waals surface area (Å²) in [5, 5.41) is 4.29. The van der Waals surface area contributed by atoms with Gasteiger partial charge in [-0.25, -0.2) is 14.6 Å². The number of rotatable bonds is 2. The van der Waals surface area contributed by atoms with E-state index in [2.05, 4.69) is 10.3 Å². The van der Waals surface area contributed by atoms with Crippen molar-refractivity contribution in [3.05, 3.63) is 16.1 Å². The maximum atomic E-state index is 12.6. The first-order chi connectivity index (χ1) is 12.7. The van der Waals surface area contributed by atoms with E-state index < -0.39 is 23.5 Å². The molecule has 0 bridgehead atoms. The van der Waals surface area contributed by atoms with Crippen molar-refractivity contribution in [2.45, 2.75) is 31.0 Å². The fourth-order valence-corrected chi connectivity index (χ4v) is 4.71. The molecule has 1 spiro atoms. The molecule has 1 N–H and O–H groups in total. The van der Waals surface area contributed by atoms with E-state index >= 15 is 0 Å². The lowest BCUT2D eigenvalue weighted by Gasteiger charge is -2.48. The Hall–Kier alpha value is -2.04. The maximum absolute atomic E-state index is 12.6. The van der Waals surface area contributed by atoms with E-state index in [9.17, 15) is 22.8 Å². The van der Waals surface area contributed by atoms with Gasteiger partial charge in [-0.1, -0.05) is 0 Å². The lowest BCUT2D eigenvalue weighted by Crippen LogP contribution is -2.71. The van der Waals surface area contributed by atoms with Gasteiger partial charge in [0.25, 0.3) is 0 Å². The normalized spacial score (nSPS) is 22.6. The maximum Gasteiger partial charge on any atom is 0.434 e. The molecule has 3 amide bonds. The minimum absolute atomic E-state index is 0.0613. The summed E-state index contributed by atoms with van der Waals surface area (Å²) >= 11 is 1.04. The van der Waals surface area contributed by atoms with Crippen LogP contribution in [0.5, 0.6) is 0 Å². The Morgan fingerprint density at radius 1 is 1.33 bits per heavy atom. The quantitative estimate of drug-likeness (QED) is 0.821. The van der Waals surface area contributed by atoms with Crippen LogP contribution in [0.4, 0.5) is 22.8 Å².